The van der Waals surface area contributed by atoms with Crippen LogP contribution in [0.1, 0.15) is 37.1 Å². The van der Waals surface area contributed by atoms with Gasteiger partial charge in [0.25, 0.3) is 0 Å². The van der Waals surface area contributed by atoms with Crippen LogP contribution >= 0.6 is 0 Å². The number of imidazole rings is 1. The third kappa shape index (κ3) is 4.01. The second-order valence-electron chi connectivity index (χ2n) is 9.32. The third-order valence-corrected chi connectivity index (χ3v) is 8.57. The second kappa shape index (κ2) is 8.10. The summed E-state index contributed by atoms with van der Waals surface area (Å²) in [5.74, 6) is 1.43. The number of nitrogens with zero attached hydrogens (tertiary/aromatic N) is 4. The van der Waals surface area contributed by atoms with Crippen LogP contribution in [0.4, 0.5) is 14.5 Å². The van der Waals surface area contributed by atoms with E-state index in [1.165, 1.54) is 5.56 Å². The van der Waals surface area contributed by atoms with Crippen LogP contribution in [0.3, 0.4) is 0 Å². The van der Waals surface area contributed by atoms with Crippen LogP contribution in [0.15, 0.2) is 12.1 Å². The predicted octanol–water partition coefficient (Wildman–Crippen LogP) is 2.86. The monoisotopic (exact) mass is 497 g/mol. The van der Waals surface area contributed by atoms with Gasteiger partial charge in [-0.15, -0.1) is 0 Å². The molecule has 3 aliphatic rings. The molecule has 0 bridgehead atoms. The Labute approximate surface area is 187 Å². The summed E-state index contributed by atoms with van der Waals surface area (Å²) in [7, 11) is 2.15. The van der Waals surface area contributed by atoms with Crippen molar-refractivity contribution in [2.45, 2.75) is 43.0 Å². The van der Waals surface area contributed by atoms with Crippen molar-refractivity contribution in [3.63, 3.8) is 0 Å². The molecule has 1 aromatic carbocycles. The molecule has 168 valence electrons. The van der Waals surface area contributed by atoms with Gasteiger partial charge in [-0.2, -0.15) is 0 Å². The molecule has 31 heavy (non-hydrogen) atoms. The minimum absolute atomic E-state index is 0.0226. The van der Waals surface area contributed by atoms with Gasteiger partial charge in [0.1, 0.15) is 0 Å². The number of alkyl halides is 2. The Balaban J connectivity index is 1.61. The Morgan fingerprint density at radius 2 is 1.97 bits per heavy atom. The van der Waals surface area contributed by atoms with Crippen molar-refractivity contribution in [3.8, 4) is 0 Å². The Bertz CT molecular complexity index is 993. The van der Waals surface area contributed by atoms with Gasteiger partial charge in [-0.1, -0.05) is 0 Å². The fourth-order valence-corrected chi connectivity index (χ4v) is 5.82. The van der Waals surface area contributed by atoms with Gasteiger partial charge >= 0.3 is 187 Å². The number of anilines is 1. The SMILES string of the molecule is CN1CCN(c2cc(C3(C)COC3)cc3c2nc(C2CC2)n3C[Se]C(=N)C(F)F)CC1. The van der Waals surface area contributed by atoms with Crippen LogP contribution < -0.4 is 4.90 Å². The number of piperazine rings is 1. The zero-order chi connectivity index (χ0) is 21.8. The van der Waals surface area contributed by atoms with Crippen molar-refractivity contribution in [2.24, 2.45) is 0 Å². The van der Waals surface area contributed by atoms with Crippen molar-refractivity contribution in [1.82, 2.24) is 14.5 Å². The van der Waals surface area contributed by atoms with Crippen molar-refractivity contribution in [3.05, 3.63) is 23.5 Å². The van der Waals surface area contributed by atoms with Crippen LogP contribution in [0, 0.1) is 5.41 Å². The van der Waals surface area contributed by atoms with Gasteiger partial charge in [0.2, 0.25) is 0 Å². The maximum absolute atomic E-state index is 13.0. The first kappa shape index (κ1) is 21.3. The number of halogens is 2. The zero-order valence-corrected chi connectivity index (χ0v) is 19.7. The van der Waals surface area contributed by atoms with Crippen LogP contribution in [0.2, 0.25) is 0 Å². The molecule has 3 fully saturated rings. The van der Waals surface area contributed by atoms with Gasteiger partial charge in [0.05, 0.1) is 0 Å². The predicted molar refractivity (Wildman–Crippen MR) is 119 cm³/mol. The molecule has 6 nitrogen and oxygen atoms in total. The molecular weight excluding hydrogens is 467 g/mol. The van der Waals surface area contributed by atoms with E-state index >= 15 is 0 Å². The van der Waals surface area contributed by atoms with E-state index in [4.69, 9.17) is 15.1 Å². The topological polar surface area (TPSA) is 57.4 Å². The first-order valence-electron chi connectivity index (χ1n) is 10.9. The summed E-state index contributed by atoms with van der Waals surface area (Å²) in [6.45, 7) is 7.55. The van der Waals surface area contributed by atoms with Crippen LogP contribution in [-0.4, -0.2) is 86.9 Å². The molecule has 1 aliphatic carbocycles. The van der Waals surface area contributed by atoms with Crippen molar-refractivity contribution < 1.29 is 13.5 Å². The number of fused-ring (bicyclic) bond motifs is 1. The molecule has 1 aromatic heterocycles. The molecule has 0 unspecified atom stereocenters. The molecule has 0 radical (unpaired) electrons. The molecule has 2 saturated heterocycles. The van der Waals surface area contributed by atoms with Gasteiger partial charge in [-0.05, 0) is 0 Å². The van der Waals surface area contributed by atoms with Crippen LogP contribution in [0.25, 0.3) is 11.0 Å². The van der Waals surface area contributed by atoms with Crippen molar-refractivity contribution >= 4 is 36.3 Å². The van der Waals surface area contributed by atoms with E-state index in [9.17, 15) is 8.78 Å². The standard InChI is InChI=1S/C22H29F2N5OSe/c1-22(11-30-12-22)15-9-16(28-7-5-27(2)6-8-28)18-17(10-15)29(13-31-20(25)19(23)24)21(26-18)14-3-4-14/h9-10,14,19,25H,3-8,11-13H2,1-2H3. The van der Waals surface area contributed by atoms with E-state index in [0.717, 1.165) is 61.6 Å². The molecular formula is C22H29F2N5OSe. The number of likely N-dealkylation sites (N-methyl/N-ethyl adjacent to an activating group) is 1. The average Bonchev–Trinajstić information content (AvgIpc) is 3.51. The Hall–Kier alpha value is -1.54. The molecule has 0 atom stereocenters. The number of nitrogens with one attached hydrogen (secondary N) is 1. The Kier molecular flexibility index (Phi) is 5.57. The number of aromatic nitrogens is 2. The molecule has 2 aliphatic heterocycles. The van der Waals surface area contributed by atoms with Crippen LogP contribution in [0.5, 0.6) is 0 Å². The molecule has 1 N–H and O–H groups in total. The van der Waals surface area contributed by atoms with Gasteiger partial charge < -0.3 is 0 Å². The third-order valence-electron chi connectivity index (χ3n) is 6.74. The van der Waals surface area contributed by atoms with E-state index in [2.05, 4.69) is 40.5 Å². The molecule has 0 amide bonds. The maximum atomic E-state index is 13.0. The summed E-state index contributed by atoms with van der Waals surface area (Å²) in [5.41, 5.74) is 4.83. The number of hydrogen-bond acceptors (Lipinski definition) is 5. The van der Waals surface area contributed by atoms with Gasteiger partial charge in [-0.25, -0.2) is 0 Å². The first-order valence-corrected chi connectivity index (χ1v) is 13.0. The normalized spacial score (nSPS) is 21.6. The van der Waals surface area contributed by atoms with E-state index in [1.54, 1.807) is 0 Å². The molecule has 3 heterocycles. The molecule has 0 spiro atoms. The minimum atomic E-state index is -2.67. The molecule has 1 saturated carbocycles. The Morgan fingerprint density at radius 3 is 2.55 bits per heavy atom. The molecule has 9 heteroatoms. The quantitative estimate of drug-likeness (QED) is 0.473. The summed E-state index contributed by atoms with van der Waals surface area (Å²) in [6, 6.07) is 4.49. The van der Waals surface area contributed by atoms with Gasteiger partial charge in [0.15, 0.2) is 0 Å². The second-order valence-corrected chi connectivity index (χ2v) is 11.4. The summed E-state index contributed by atoms with van der Waals surface area (Å²) in [4.78, 5) is 9.85. The van der Waals surface area contributed by atoms with Gasteiger partial charge in [-0.3, -0.25) is 0 Å². The molecule has 5 rings (SSSR count). The van der Waals surface area contributed by atoms with E-state index in [-0.39, 0.29) is 5.41 Å². The summed E-state index contributed by atoms with van der Waals surface area (Å²) < 4.78 is 33.2. The van der Waals surface area contributed by atoms with Crippen LogP contribution in [-0.2, 0) is 15.6 Å². The van der Waals surface area contributed by atoms with E-state index in [0.29, 0.717) is 24.6 Å². The number of benzene rings is 1. The molecule has 2 aromatic rings. The van der Waals surface area contributed by atoms with Crippen molar-refractivity contribution in [2.75, 3.05) is 51.3 Å². The van der Waals surface area contributed by atoms with Gasteiger partial charge in [0, 0.05) is 0 Å². The number of ether oxygens (including phenoxy) is 1. The summed E-state index contributed by atoms with van der Waals surface area (Å²) in [5, 5.41) is 7.66. The van der Waals surface area contributed by atoms with E-state index in [1.807, 2.05) is 0 Å². The summed E-state index contributed by atoms with van der Waals surface area (Å²) in [6.07, 6.45) is -0.461. The summed E-state index contributed by atoms with van der Waals surface area (Å²) >= 11 is -0.584. The van der Waals surface area contributed by atoms with Crippen molar-refractivity contribution in [1.29, 1.82) is 5.41 Å². The average molecular weight is 496 g/mol. The fourth-order valence-electron chi connectivity index (χ4n) is 4.42. The Morgan fingerprint density at radius 1 is 1.26 bits per heavy atom. The fraction of sp³-hybridized carbons (Fsp3) is 0.636. The van der Waals surface area contributed by atoms with E-state index < -0.39 is 26.0 Å². The number of hydrogen-bond donors (Lipinski definition) is 1. The first-order chi connectivity index (χ1) is 14.9. The number of rotatable bonds is 7. The zero-order valence-electron chi connectivity index (χ0n) is 18.0.